The first kappa shape index (κ1) is 13.2. The van der Waals surface area contributed by atoms with E-state index in [1.54, 1.807) is 0 Å². The van der Waals surface area contributed by atoms with E-state index in [0.717, 1.165) is 28.2 Å². The number of benzene rings is 2. The molecule has 0 aliphatic heterocycles. The third-order valence-corrected chi connectivity index (χ3v) is 3.72. The van der Waals surface area contributed by atoms with Gasteiger partial charge in [-0.1, -0.05) is 41.9 Å². The molecule has 0 bridgehead atoms. The summed E-state index contributed by atoms with van der Waals surface area (Å²) in [5.41, 5.74) is 10.7. The molecule has 0 saturated carbocycles. The highest BCUT2D eigenvalue weighted by Gasteiger charge is 2.14. The van der Waals surface area contributed by atoms with E-state index in [1.165, 1.54) is 10.9 Å². The number of aromatic amines is 1. The first-order chi connectivity index (χ1) is 9.65. The monoisotopic (exact) mass is 284 g/mol. The van der Waals surface area contributed by atoms with Gasteiger partial charge in [-0.3, -0.25) is 0 Å². The number of aromatic nitrogens is 1. The second-order valence-corrected chi connectivity index (χ2v) is 5.65. The van der Waals surface area contributed by atoms with Gasteiger partial charge in [0.05, 0.1) is 0 Å². The largest absolute Gasteiger partial charge is 0.354 e. The molecule has 0 saturated heterocycles. The number of para-hydroxylation sites is 1. The number of nitrogens with one attached hydrogen (secondary N) is 1. The van der Waals surface area contributed by atoms with Crippen LogP contribution in [0.5, 0.6) is 0 Å². The van der Waals surface area contributed by atoms with Gasteiger partial charge in [-0.25, -0.2) is 0 Å². The minimum absolute atomic E-state index is 0.125. The van der Waals surface area contributed by atoms with Crippen molar-refractivity contribution in [3.05, 3.63) is 59.1 Å². The first-order valence-corrected chi connectivity index (χ1v) is 7.14. The fourth-order valence-corrected chi connectivity index (χ4v) is 2.72. The van der Waals surface area contributed by atoms with Crippen molar-refractivity contribution < 1.29 is 0 Å². The minimum atomic E-state index is 0.125. The van der Waals surface area contributed by atoms with E-state index in [4.69, 9.17) is 17.3 Å². The van der Waals surface area contributed by atoms with Crippen molar-refractivity contribution in [1.29, 1.82) is 0 Å². The van der Waals surface area contributed by atoms with Crippen LogP contribution in [0.1, 0.15) is 12.5 Å². The lowest BCUT2D eigenvalue weighted by Crippen LogP contribution is -2.18. The van der Waals surface area contributed by atoms with Crippen LogP contribution in [0.2, 0.25) is 5.02 Å². The molecule has 2 aromatic carbocycles. The fraction of sp³-hybridized carbons (Fsp3) is 0.176. The highest BCUT2D eigenvalue weighted by molar-refractivity contribution is 6.30. The van der Waals surface area contributed by atoms with E-state index in [-0.39, 0.29) is 6.04 Å². The molecule has 102 valence electrons. The van der Waals surface area contributed by atoms with Gasteiger partial charge in [0.25, 0.3) is 0 Å². The van der Waals surface area contributed by atoms with Gasteiger partial charge in [0.2, 0.25) is 0 Å². The number of fused-ring (bicyclic) bond motifs is 1. The van der Waals surface area contributed by atoms with E-state index in [1.807, 2.05) is 37.3 Å². The molecule has 0 spiro atoms. The first-order valence-electron chi connectivity index (χ1n) is 6.76. The third kappa shape index (κ3) is 2.45. The molecule has 0 aliphatic rings. The standard InChI is InChI=1S/C17H17ClN2/c1-11(19)10-15-14-4-2-3-5-16(14)20-17(15)12-6-8-13(18)9-7-12/h2-9,11,20H,10,19H2,1H3. The molecule has 1 unspecified atom stereocenters. The predicted molar refractivity (Wildman–Crippen MR) is 86.1 cm³/mol. The predicted octanol–water partition coefficient (Wildman–Crippen LogP) is 4.38. The van der Waals surface area contributed by atoms with Crippen molar-refractivity contribution in [3.8, 4) is 11.3 Å². The lowest BCUT2D eigenvalue weighted by atomic mass is 10.00. The summed E-state index contributed by atoms with van der Waals surface area (Å²) in [7, 11) is 0. The zero-order valence-electron chi connectivity index (χ0n) is 11.4. The lowest BCUT2D eigenvalue weighted by molar-refractivity contribution is 0.742. The molecule has 3 aromatic rings. The maximum absolute atomic E-state index is 6.01. The van der Waals surface area contributed by atoms with Crippen LogP contribution in [0, 0.1) is 0 Å². The fourth-order valence-electron chi connectivity index (χ4n) is 2.60. The Labute approximate surface area is 123 Å². The van der Waals surface area contributed by atoms with E-state index in [2.05, 4.69) is 23.2 Å². The minimum Gasteiger partial charge on any atom is -0.354 e. The maximum Gasteiger partial charge on any atom is 0.0497 e. The van der Waals surface area contributed by atoms with E-state index >= 15 is 0 Å². The summed E-state index contributed by atoms with van der Waals surface area (Å²) in [6.45, 7) is 2.04. The SMILES string of the molecule is CC(N)Cc1c(-c2ccc(Cl)cc2)[nH]c2ccccc12. The van der Waals surface area contributed by atoms with Crippen LogP contribution in [0.15, 0.2) is 48.5 Å². The molecule has 2 nitrogen and oxygen atoms in total. The Morgan fingerprint density at radius 2 is 1.80 bits per heavy atom. The van der Waals surface area contributed by atoms with E-state index in [9.17, 15) is 0 Å². The van der Waals surface area contributed by atoms with Gasteiger partial charge in [-0.15, -0.1) is 0 Å². The normalized spacial score (nSPS) is 12.8. The van der Waals surface area contributed by atoms with Crippen molar-refractivity contribution in [2.75, 3.05) is 0 Å². The van der Waals surface area contributed by atoms with Crippen LogP contribution in [-0.2, 0) is 6.42 Å². The Bertz CT molecular complexity index is 726. The molecule has 3 rings (SSSR count). The molecule has 3 heteroatoms. The molecule has 0 aliphatic carbocycles. The number of H-pyrrole nitrogens is 1. The van der Waals surface area contributed by atoms with Crippen molar-refractivity contribution in [2.45, 2.75) is 19.4 Å². The summed E-state index contributed by atoms with van der Waals surface area (Å²) in [6.07, 6.45) is 0.849. The van der Waals surface area contributed by atoms with Crippen molar-refractivity contribution in [2.24, 2.45) is 5.73 Å². The number of halogens is 1. The van der Waals surface area contributed by atoms with Gasteiger partial charge >= 0.3 is 0 Å². The van der Waals surface area contributed by atoms with Crippen LogP contribution >= 0.6 is 11.6 Å². The molecule has 0 fully saturated rings. The van der Waals surface area contributed by atoms with Gasteiger partial charge in [0.15, 0.2) is 0 Å². The molecular weight excluding hydrogens is 268 g/mol. The summed E-state index contributed by atoms with van der Waals surface area (Å²) < 4.78 is 0. The van der Waals surface area contributed by atoms with Gasteiger partial charge in [-0.05, 0) is 42.7 Å². The Morgan fingerprint density at radius 1 is 1.10 bits per heavy atom. The highest BCUT2D eigenvalue weighted by Crippen LogP contribution is 2.31. The summed E-state index contributed by atoms with van der Waals surface area (Å²) in [5.74, 6) is 0. The summed E-state index contributed by atoms with van der Waals surface area (Å²) in [6, 6.07) is 16.4. The summed E-state index contributed by atoms with van der Waals surface area (Å²) in [4.78, 5) is 3.51. The Balaban J connectivity index is 2.20. The van der Waals surface area contributed by atoms with E-state index < -0.39 is 0 Å². The number of hydrogen-bond donors (Lipinski definition) is 2. The lowest BCUT2D eigenvalue weighted by Gasteiger charge is -2.08. The number of rotatable bonds is 3. The second-order valence-electron chi connectivity index (χ2n) is 5.21. The molecule has 1 aromatic heterocycles. The zero-order valence-corrected chi connectivity index (χ0v) is 12.1. The van der Waals surface area contributed by atoms with Gasteiger partial charge in [-0.2, -0.15) is 0 Å². The van der Waals surface area contributed by atoms with Gasteiger partial charge < -0.3 is 10.7 Å². The quantitative estimate of drug-likeness (QED) is 0.736. The molecule has 1 heterocycles. The zero-order chi connectivity index (χ0) is 14.1. The topological polar surface area (TPSA) is 41.8 Å². The molecule has 1 atom stereocenters. The maximum atomic E-state index is 6.01. The summed E-state index contributed by atoms with van der Waals surface area (Å²) >= 11 is 5.97. The van der Waals surface area contributed by atoms with Crippen molar-refractivity contribution in [3.63, 3.8) is 0 Å². The Morgan fingerprint density at radius 3 is 2.50 bits per heavy atom. The van der Waals surface area contributed by atoms with E-state index in [0.29, 0.717) is 0 Å². The number of nitrogens with two attached hydrogens (primary N) is 1. The average Bonchev–Trinajstić information content (AvgIpc) is 2.78. The molecule has 0 amide bonds. The average molecular weight is 285 g/mol. The second kappa shape index (κ2) is 5.31. The van der Waals surface area contributed by atoms with Gasteiger partial charge in [0, 0.05) is 27.7 Å². The van der Waals surface area contributed by atoms with Gasteiger partial charge in [0.1, 0.15) is 0 Å². The van der Waals surface area contributed by atoms with Crippen LogP contribution < -0.4 is 5.73 Å². The molecular formula is C17H17ClN2. The third-order valence-electron chi connectivity index (χ3n) is 3.47. The Hall–Kier alpha value is -1.77. The highest BCUT2D eigenvalue weighted by atomic mass is 35.5. The molecule has 3 N–H and O–H groups in total. The van der Waals surface area contributed by atoms with Crippen molar-refractivity contribution in [1.82, 2.24) is 4.98 Å². The van der Waals surface area contributed by atoms with Crippen LogP contribution in [0.25, 0.3) is 22.2 Å². The molecule has 0 radical (unpaired) electrons. The van der Waals surface area contributed by atoms with Crippen molar-refractivity contribution >= 4 is 22.5 Å². The molecule has 20 heavy (non-hydrogen) atoms. The smallest absolute Gasteiger partial charge is 0.0497 e. The summed E-state index contributed by atoms with van der Waals surface area (Å²) in [5, 5.41) is 1.99. The Kier molecular flexibility index (Phi) is 3.51. The van der Waals surface area contributed by atoms with Crippen LogP contribution in [-0.4, -0.2) is 11.0 Å². The van der Waals surface area contributed by atoms with Crippen LogP contribution in [0.4, 0.5) is 0 Å². The number of hydrogen-bond acceptors (Lipinski definition) is 1. The van der Waals surface area contributed by atoms with Crippen LogP contribution in [0.3, 0.4) is 0 Å².